The second-order valence-electron chi connectivity index (χ2n) is 3.49. The molecule has 1 rings (SSSR count). The highest BCUT2D eigenvalue weighted by Gasteiger charge is 2.21. The summed E-state index contributed by atoms with van der Waals surface area (Å²) in [6.07, 6.45) is 0.286. The first-order valence-corrected chi connectivity index (χ1v) is 4.03. The molecule has 0 aliphatic carbocycles. The van der Waals surface area contributed by atoms with Crippen molar-refractivity contribution in [3.05, 3.63) is 21.9 Å². The number of rotatable bonds is 4. The van der Waals surface area contributed by atoms with Crippen molar-refractivity contribution in [1.29, 1.82) is 0 Å². The van der Waals surface area contributed by atoms with Gasteiger partial charge in [-0.25, -0.2) is 0 Å². The number of nitrogens with two attached hydrogens (primary N) is 1. The summed E-state index contributed by atoms with van der Waals surface area (Å²) in [5.41, 5.74) is 5.33. The van der Waals surface area contributed by atoms with Gasteiger partial charge >= 0.3 is 5.82 Å². The molecule has 1 aromatic rings. The molecule has 7 heteroatoms. The molecule has 0 bridgehead atoms. The number of nitrogens with zero attached hydrogens (tertiary/aromatic N) is 2. The molecule has 14 heavy (non-hydrogen) atoms. The molecule has 0 radical (unpaired) electrons. The molecule has 78 valence electrons. The summed E-state index contributed by atoms with van der Waals surface area (Å²) in [4.78, 5) is 9.74. The summed E-state index contributed by atoms with van der Waals surface area (Å²) in [5, 5.41) is 25.2. The second kappa shape index (κ2) is 3.72. The molecule has 0 saturated carbocycles. The van der Waals surface area contributed by atoms with Crippen LogP contribution in [0.2, 0.25) is 0 Å². The molecular formula is C7H12N4O3. The van der Waals surface area contributed by atoms with E-state index in [1.807, 2.05) is 0 Å². The maximum Gasteiger partial charge on any atom is 0.342 e. The Balaban J connectivity index is 2.73. The number of aromatic amines is 1. The van der Waals surface area contributed by atoms with E-state index < -0.39 is 10.5 Å². The third-order valence-electron chi connectivity index (χ3n) is 1.76. The fourth-order valence-corrected chi connectivity index (χ4v) is 1.01. The Kier molecular flexibility index (Phi) is 2.82. The van der Waals surface area contributed by atoms with Crippen molar-refractivity contribution < 1.29 is 10.0 Å². The second-order valence-corrected chi connectivity index (χ2v) is 3.49. The Morgan fingerprint density at radius 2 is 2.50 bits per heavy atom. The summed E-state index contributed by atoms with van der Waals surface area (Å²) < 4.78 is 0. The highest BCUT2D eigenvalue weighted by atomic mass is 16.6. The Morgan fingerprint density at radius 1 is 1.86 bits per heavy atom. The average Bonchev–Trinajstić information content (AvgIpc) is 2.52. The maximum atomic E-state index is 10.3. The molecule has 0 amide bonds. The first-order valence-electron chi connectivity index (χ1n) is 4.03. The van der Waals surface area contributed by atoms with Crippen LogP contribution in [-0.2, 0) is 6.42 Å². The quantitative estimate of drug-likeness (QED) is 0.450. The van der Waals surface area contributed by atoms with Gasteiger partial charge in [-0.1, -0.05) is 5.10 Å². The van der Waals surface area contributed by atoms with Gasteiger partial charge in [0.15, 0.2) is 0 Å². The van der Waals surface area contributed by atoms with Crippen molar-refractivity contribution in [2.75, 3.05) is 6.61 Å². The van der Waals surface area contributed by atoms with Gasteiger partial charge in [0, 0.05) is 12.0 Å². The summed E-state index contributed by atoms with van der Waals surface area (Å²) in [6, 6.07) is 1.31. The lowest BCUT2D eigenvalue weighted by Gasteiger charge is -2.19. The van der Waals surface area contributed by atoms with Crippen molar-refractivity contribution in [3.63, 3.8) is 0 Å². The number of aromatic nitrogens is 2. The van der Waals surface area contributed by atoms with Crippen LogP contribution in [-0.4, -0.2) is 32.4 Å². The minimum atomic E-state index is -0.803. The van der Waals surface area contributed by atoms with Crippen LogP contribution in [0.3, 0.4) is 0 Å². The number of nitro groups is 1. The van der Waals surface area contributed by atoms with Crippen LogP contribution in [0.4, 0.5) is 5.82 Å². The molecule has 1 heterocycles. The smallest absolute Gasteiger partial charge is 0.342 e. The fraction of sp³-hybridized carbons (Fsp3) is 0.571. The van der Waals surface area contributed by atoms with Gasteiger partial charge in [0.05, 0.1) is 18.4 Å². The average molecular weight is 200 g/mol. The Morgan fingerprint density at radius 3 is 2.93 bits per heavy atom. The van der Waals surface area contributed by atoms with E-state index in [-0.39, 0.29) is 18.8 Å². The Hall–Kier alpha value is -1.47. The molecule has 1 aromatic heterocycles. The van der Waals surface area contributed by atoms with Crippen LogP contribution in [0, 0.1) is 10.1 Å². The molecule has 0 aliphatic rings. The fourth-order valence-electron chi connectivity index (χ4n) is 1.01. The molecule has 0 spiro atoms. The minimum absolute atomic E-state index is 0.172. The lowest BCUT2D eigenvalue weighted by atomic mass is 9.99. The Bertz CT molecular complexity index is 333. The van der Waals surface area contributed by atoms with Crippen molar-refractivity contribution in [2.24, 2.45) is 5.73 Å². The van der Waals surface area contributed by atoms with Crippen LogP contribution in [0.15, 0.2) is 6.07 Å². The van der Waals surface area contributed by atoms with E-state index in [9.17, 15) is 10.1 Å². The third kappa shape index (κ3) is 2.51. The van der Waals surface area contributed by atoms with Crippen LogP contribution < -0.4 is 5.73 Å². The third-order valence-corrected chi connectivity index (χ3v) is 1.76. The predicted octanol–water partition coefficient (Wildman–Crippen LogP) is -0.430. The van der Waals surface area contributed by atoms with Gasteiger partial charge in [-0.05, 0) is 11.8 Å². The zero-order valence-corrected chi connectivity index (χ0v) is 7.73. The normalized spacial score (nSPS) is 15.1. The van der Waals surface area contributed by atoms with Gasteiger partial charge in [0.2, 0.25) is 0 Å². The number of hydrogen-bond acceptors (Lipinski definition) is 5. The number of H-pyrrole nitrogens is 1. The molecule has 0 saturated heterocycles. The minimum Gasteiger partial charge on any atom is -0.394 e. The molecule has 0 aromatic carbocycles. The maximum absolute atomic E-state index is 10.3. The number of nitrogens with one attached hydrogen (secondary N) is 1. The topological polar surface area (TPSA) is 118 Å². The molecule has 4 N–H and O–H groups in total. The summed E-state index contributed by atoms with van der Waals surface area (Å²) in [6.45, 7) is 1.45. The van der Waals surface area contributed by atoms with E-state index in [1.54, 1.807) is 6.92 Å². The van der Waals surface area contributed by atoms with E-state index in [0.29, 0.717) is 5.69 Å². The van der Waals surface area contributed by atoms with Gasteiger partial charge in [0.25, 0.3) is 0 Å². The first kappa shape index (κ1) is 10.6. The molecule has 7 nitrogen and oxygen atoms in total. The SMILES string of the molecule is CC(N)(CO)Cc1cc([N+](=O)[O-])[nH]n1. The molecule has 1 atom stereocenters. The lowest BCUT2D eigenvalue weighted by Crippen LogP contribution is -2.42. The van der Waals surface area contributed by atoms with Gasteiger partial charge in [0.1, 0.15) is 0 Å². The number of aliphatic hydroxyl groups excluding tert-OH is 1. The van der Waals surface area contributed by atoms with Crippen LogP contribution in [0.1, 0.15) is 12.6 Å². The van der Waals surface area contributed by atoms with E-state index >= 15 is 0 Å². The standard InChI is InChI=1S/C7H12N4O3/c1-7(8,4-12)3-5-2-6(10-9-5)11(13)14/h2,12H,3-4,8H2,1H3,(H,9,10). The van der Waals surface area contributed by atoms with E-state index in [0.717, 1.165) is 0 Å². The zero-order chi connectivity index (χ0) is 10.8. The monoisotopic (exact) mass is 200 g/mol. The van der Waals surface area contributed by atoms with E-state index in [2.05, 4.69) is 10.2 Å². The van der Waals surface area contributed by atoms with E-state index in [1.165, 1.54) is 6.07 Å². The van der Waals surface area contributed by atoms with Crippen molar-refractivity contribution in [2.45, 2.75) is 18.9 Å². The molecular weight excluding hydrogens is 188 g/mol. The lowest BCUT2D eigenvalue weighted by molar-refractivity contribution is -0.389. The summed E-state index contributed by atoms with van der Waals surface area (Å²) in [5.74, 6) is -0.172. The van der Waals surface area contributed by atoms with Crippen molar-refractivity contribution in [1.82, 2.24) is 10.2 Å². The van der Waals surface area contributed by atoms with Gasteiger partial charge in [-0.2, -0.15) is 0 Å². The first-order chi connectivity index (χ1) is 6.44. The number of hydrogen-bond donors (Lipinski definition) is 3. The Labute approximate surface area is 80.1 Å². The van der Waals surface area contributed by atoms with Crippen LogP contribution in [0.5, 0.6) is 0 Å². The van der Waals surface area contributed by atoms with Crippen molar-refractivity contribution in [3.8, 4) is 0 Å². The molecule has 0 aliphatic heterocycles. The summed E-state index contributed by atoms with van der Waals surface area (Å²) >= 11 is 0. The van der Waals surface area contributed by atoms with Crippen LogP contribution >= 0.6 is 0 Å². The zero-order valence-electron chi connectivity index (χ0n) is 7.73. The molecule has 1 unspecified atom stereocenters. The summed E-state index contributed by atoms with van der Waals surface area (Å²) in [7, 11) is 0. The predicted molar refractivity (Wildman–Crippen MR) is 48.6 cm³/mol. The largest absolute Gasteiger partial charge is 0.394 e. The van der Waals surface area contributed by atoms with E-state index in [4.69, 9.17) is 10.8 Å². The highest BCUT2D eigenvalue weighted by Crippen LogP contribution is 2.13. The van der Waals surface area contributed by atoms with Gasteiger partial charge in [-0.15, -0.1) is 5.10 Å². The van der Waals surface area contributed by atoms with Gasteiger partial charge < -0.3 is 21.0 Å². The van der Waals surface area contributed by atoms with Crippen LogP contribution in [0.25, 0.3) is 0 Å². The number of aliphatic hydroxyl groups is 1. The molecule has 0 fully saturated rings. The highest BCUT2D eigenvalue weighted by molar-refractivity contribution is 5.21. The van der Waals surface area contributed by atoms with Gasteiger partial charge in [-0.3, -0.25) is 0 Å². The van der Waals surface area contributed by atoms with Crippen molar-refractivity contribution >= 4 is 5.82 Å².